The summed E-state index contributed by atoms with van der Waals surface area (Å²) in [5, 5.41) is 9.47. The molecule has 2 fully saturated rings. The number of methoxy groups -OCH3 is 2. The molecule has 1 aromatic heterocycles. The molecule has 1 saturated carbocycles. The van der Waals surface area contributed by atoms with E-state index >= 15 is 4.39 Å². The smallest absolute Gasteiger partial charge is 0.341 e. The van der Waals surface area contributed by atoms with Crippen LogP contribution in [0.5, 0.6) is 5.75 Å². The van der Waals surface area contributed by atoms with E-state index in [0.29, 0.717) is 18.6 Å². The predicted molar refractivity (Wildman–Crippen MR) is 110 cm³/mol. The number of benzene rings is 1. The number of hydrogen-bond acceptors (Lipinski definition) is 6. The van der Waals surface area contributed by atoms with Crippen LogP contribution >= 0.6 is 0 Å². The molecule has 1 aromatic carbocycles. The van der Waals surface area contributed by atoms with Crippen LogP contribution in [0.4, 0.5) is 10.1 Å². The lowest BCUT2D eigenvalue weighted by molar-refractivity contribution is 0.0639. The number of hydrogen-bond donors (Lipinski definition) is 1. The van der Waals surface area contributed by atoms with Gasteiger partial charge >= 0.3 is 5.97 Å². The van der Waals surface area contributed by atoms with Gasteiger partial charge in [-0.25, -0.2) is 9.18 Å². The van der Waals surface area contributed by atoms with E-state index in [0.717, 1.165) is 18.9 Å². The Kier molecular flexibility index (Phi) is 5.19. The molecule has 30 heavy (non-hydrogen) atoms. The average Bonchev–Trinajstić information content (AvgIpc) is 3.45. The number of halogens is 1. The van der Waals surface area contributed by atoms with Crippen molar-refractivity contribution in [1.29, 1.82) is 0 Å². The fourth-order valence-electron chi connectivity index (χ4n) is 4.39. The first-order chi connectivity index (χ1) is 14.3. The van der Waals surface area contributed by atoms with E-state index < -0.39 is 17.2 Å². The first-order valence-electron chi connectivity index (χ1n) is 9.91. The summed E-state index contributed by atoms with van der Waals surface area (Å²) in [6.07, 6.45) is 2.98. The molecule has 2 aromatic rings. The van der Waals surface area contributed by atoms with Gasteiger partial charge in [-0.15, -0.1) is 0 Å². The maximum absolute atomic E-state index is 15.4. The van der Waals surface area contributed by atoms with Crippen LogP contribution in [-0.4, -0.2) is 74.1 Å². The van der Waals surface area contributed by atoms with Gasteiger partial charge in [0.2, 0.25) is 5.43 Å². The zero-order valence-electron chi connectivity index (χ0n) is 17.5. The van der Waals surface area contributed by atoms with Crippen molar-refractivity contribution in [2.24, 2.45) is 0 Å². The standard InChI is InChI=1S/C21H26FN3O5/c1-23(2)15-9-24(10-16(15)29-3)18-14(22)7-12-17(20(18)30-4)25(11-5-6-11)8-13(19(12)26)21(27)28/h7-8,11,15-16H,5-6,9-10H2,1-4H3,(H,27,28). The summed E-state index contributed by atoms with van der Waals surface area (Å²) in [7, 11) is 6.98. The Morgan fingerprint density at radius 1 is 1.27 bits per heavy atom. The Labute approximate surface area is 173 Å². The monoisotopic (exact) mass is 419 g/mol. The molecular formula is C21H26FN3O5. The van der Waals surface area contributed by atoms with Gasteiger partial charge in [0.25, 0.3) is 0 Å². The molecule has 8 nitrogen and oxygen atoms in total. The summed E-state index contributed by atoms with van der Waals surface area (Å²) in [5.74, 6) is -1.69. The lowest BCUT2D eigenvalue weighted by Crippen LogP contribution is -2.39. The summed E-state index contributed by atoms with van der Waals surface area (Å²) in [5.41, 5.74) is -0.362. The summed E-state index contributed by atoms with van der Waals surface area (Å²) in [4.78, 5) is 28.3. The Morgan fingerprint density at radius 2 is 1.97 bits per heavy atom. The van der Waals surface area contributed by atoms with Gasteiger partial charge in [0.15, 0.2) is 11.6 Å². The van der Waals surface area contributed by atoms with E-state index in [1.54, 1.807) is 11.7 Å². The maximum Gasteiger partial charge on any atom is 0.341 e. The summed E-state index contributed by atoms with van der Waals surface area (Å²) >= 11 is 0. The molecule has 162 valence electrons. The van der Waals surface area contributed by atoms with Crippen LogP contribution in [0.15, 0.2) is 17.1 Å². The highest BCUT2D eigenvalue weighted by Crippen LogP contribution is 2.44. The van der Waals surface area contributed by atoms with Crippen molar-refractivity contribution >= 4 is 22.6 Å². The third-order valence-electron chi connectivity index (χ3n) is 6.09. The van der Waals surface area contributed by atoms with Gasteiger partial charge in [-0.1, -0.05) is 0 Å². The van der Waals surface area contributed by atoms with E-state index in [4.69, 9.17) is 9.47 Å². The fourth-order valence-corrected chi connectivity index (χ4v) is 4.39. The zero-order valence-corrected chi connectivity index (χ0v) is 17.5. The third kappa shape index (κ3) is 3.22. The largest absolute Gasteiger partial charge is 0.492 e. The number of carboxylic acids is 1. The topological polar surface area (TPSA) is 84.2 Å². The van der Waals surface area contributed by atoms with Crippen LogP contribution in [0.25, 0.3) is 10.9 Å². The second-order valence-corrected chi connectivity index (χ2v) is 8.16. The molecule has 0 spiro atoms. The number of carbonyl (C=O) groups is 1. The van der Waals surface area contributed by atoms with Crippen LogP contribution in [0.1, 0.15) is 29.2 Å². The molecule has 9 heteroatoms. The van der Waals surface area contributed by atoms with E-state index in [9.17, 15) is 14.7 Å². The molecule has 1 aliphatic heterocycles. The number of carboxylic acid groups (broad SMARTS) is 1. The number of ether oxygens (including phenoxy) is 2. The maximum atomic E-state index is 15.4. The predicted octanol–water partition coefficient (Wildman–Crippen LogP) is 1.95. The van der Waals surface area contributed by atoms with E-state index in [1.165, 1.54) is 13.3 Å². The first kappa shape index (κ1) is 20.6. The molecule has 1 aliphatic carbocycles. The zero-order chi connectivity index (χ0) is 21.7. The minimum Gasteiger partial charge on any atom is -0.492 e. The molecule has 2 heterocycles. The lowest BCUT2D eigenvalue weighted by Gasteiger charge is -2.25. The van der Waals surface area contributed by atoms with Crippen molar-refractivity contribution in [2.45, 2.75) is 31.0 Å². The van der Waals surface area contributed by atoms with Crippen molar-refractivity contribution < 1.29 is 23.8 Å². The van der Waals surface area contributed by atoms with Crippen molar-refractivity contribution in [2.75, 3.05) is 46.3 Å². The van der Waals surface area contributed by atoms with E-state index in [1.807, 2.05) is 23.9 Å². The van der Waals surface area contributed by atoms with Crippen LogP contribution in [-0.2, 0) is 4.74 Å². The van der Waals surface area contributed by atoms with Gasteiger partial charge in [-0.2, -0.15) is 0 Å². The molecule has 0 radical (unpaired) electrons. The minimum atomic E-state index is -1.32. The molecule has 4 rings (SSSR count). The van der Waals surface area contributed by atoms with Gasteiger partial charge < -0.3 is 28.9 Å². The normalized spacial score (nSPS) is 21.6. The average molecular weight is 419 g/mol. The van der Waals surface area contributed by atoms with Gasteiger partial charge in [0, 0.05) is 32.4 Å². The van der Waals surface area contributed by atoms with Crippen molar-refractivity contribution in [3.8, 4) is 5.75 Å². The number of fused-ring (bicyclic) bond motifs is 1. The van der Waals surface area contributed by atoms with E-state index in [2.05, 4.69) is 0 Å². The highest BCUT2D eigenvalue weighted by molar-refractivity contribution is 5.97. The fraction of sp³-hybridized carbons (Fsp3) is 0.524. The Morgan fingerprint density at radius 3 is 2.47 bits per heavy atom. The SMILES string of the molecule is COc1c(N2CC(OC)C(N(C)C)C2)c(F)cc2c(=O)c(C(=O)O)cn(C3CC3)c12. The molecule has 2 unspecified atom stereocenters. The van der Waals surface area contributed by atoms with Crippen LogP contribution in [0.3, 0.4) is 0 Å². The van der Waals surface area contributed by atoms with Crippen LogP contribution < -0.4 is 15.1 Å². The lowest BCUT2D eigenvalue weighted by atomic mass is 10.1. The Bertz CT molecular complexity index is 1060. The number of aromatic nitrogens is 1. The van der Waals surface area contributed by atoms with Gasteiger partial charge in [-0.3, -0.25) is 4.79 Å². The van der Waals surface area contributed by atoms with Crippen LogP contribution in [0, 0.1) is 5.82 Å². The number of pyridine rings is 1. The molecule has 0 amide bonds. The minimum absolute atomic E-state index is 0.0200. The molecule has 2 atom stereocenters. The second kappa shape index (κ2) is 7.55. The highest BCUT2D eigenvalue weighted by atomic mass is 19.1. The van der Waals surface area contributed by atoms with Gasteiger partial charge in [0.1, 0.15) is 11.3 Å². The number of likely N-dealkylation sites (N-methyl/N-ethyl adjacent to an activating group) is 1. The summed E-state index contributed by atoms with van der Waals surface area (Å²) in [6, 6.07) is 1.28. The second-order valence-electron chi connectivity index (χ2n) is 8.16. The van der Waals surface area contributed by atoms with Crippen LogP contribution in [0.2, 0.25) is 0 Å². The number of nitrogens with zero attached hydrogens (tertiary/aromatic N) is 3. The van der Waals surface area contributed by atoms with Crippen molar-refractivity contribution in [3.05, 3.63) is 33.9 Å². The summed E-state index contributed by atoms with van der Waals surface area (Å²) < 4.78 is 28.4. The molecular weight excluding hydrogens is 393 g/mol. The molecule has 1 saturated heterocycles. The number of aromatic carboxylic acids is 1. The molecule has 0 bridgehead atoms. The summed E-state index contributed by atoms with van der Waals surface area (Å²) in [6.45, 7) is 1.00. The first-order valence-corrected chi connectivity index (χ1v) is 9.91. The number of rotatable bonds is 6. The molecule has 2 aliphatic rings. The quantitative estimate of drug-likeness (QED) is 0.766. The van der Waals surface area contributed by atoms with Gasteiger partial charge in [0.05, 0.1) is 30.2 Å². The number of anilines is 1. The third-order valence-corrected chi connectivity index (χ3v) is 6.09. The highest BCUT2D eigenvalue weighted by Gasteiger charge is 2.38. The Balaban J connectivity index is 1.96. The van der Waals surface area contributed by atoms with Crippen molar-refractivity contribution in [3.63, 3.8) is 0 Å². The molecule has 1 N–H and O–H groups in total. The van der Waals surface area contributed by atoms with Gasteiger partial charge in [-0.05, 0) is 33.0 Å². The Hall–Kier alpha value is -2.65. The van der Waals surface area contributed by atoms with Crippen molar-refractivity contribution in [1.82, 2.24) is 9.47 Å². The van der Waals surface area contributed by atoms with E-state index in [-0.39, 0.29) is 40.6 Å².